The standard InChI is InChI=1S/C17H22N6/c1-3-18-17(20-12-15-8-9-21-23(15)2)19-11-14-10-13-6-4-5-7-16(13)22-14/h4-10,22H,3,11-12H2,1-2H3,(H2,18,19,20). The average molecular weight is 310 g/mol. The summed E-state index contributed by atoms with van der Waals surface area (Å²) in [6, 6.07) is 12.4. The zero-order valence-corrected chi connectivity index (χ0v) is 13.5. The van der Waals surface area contributed by atoms with Gasteiger partial charge in [0.15, 0.2) is 5.96 Å². The molecule has 23 heavy (non-hydrogen) atoms. The Hall–Kier alpha value is -2.76. The van der Waals surface area contributed by atoms with Crippen LogP contribution in [0.3, 0.4) is 0 Å². The van der Waals surface area contributed by atoms with Crippen LogP contribution >= 0.6 is 0 Å². The maximum Gasteiger partial charge on any atom is 0.191 e. The van der Waals surface area contributed by atoms with Crippen molar-refractivity contribution in [1.29, 1.82) is 0 Å². The van der Waals surface area contributed by atoms with Crippen molar-refractivity contribution < 1.29 is 0 Å². The van der Waals surface area contributed by atoms with Crippen molar-refractivity contribution in [3.8, 4) is 0 Å². The van der Waals surface area contributed by atoms with Crippen molar-refractivity contribution in [2.75, 3.05) is 6.54 Å². The van der Waals surface area contributed by atoms with Crippen LogP contribution in [-0.4, -0.2) is 27.3 Å². The van der Waals surface area contributed by atoms with E-state index in [9.17, 15) is 0 Å². The van der Waals surface area contributed by atoms with Gasteiger partial charge in [-0.2, -0.15) is 5.10 Å². The number of nitrogens with zero attached hydrogens (tertiary/aromatic N) is 3. The molecule has 0 atom stereocenters. The van der Waals surface area contributed by atoms with Crippen LogP contribution in [0, 0.1) is 0 Å². The lowest BCUT2D eigenvalue weighted by molar-refractivity contribution is 0.684. The molecule has 6 heteroatoms. The molecule has 2 heterocycles. The maximum atomic E-state index is 4.64. The minimum atomic E-state index is 0.607. The van der Waals surface area contributed by atoms with Crippen LogP contribution in [0.15, 0.2) is 47.6 Å². The lowest BCUT2D eigenvalue weighted by atomic mass is 10.2. The molecular weight excluding hydrogens is 288 g/mol. The van der Waals surface area contributed by atoms with Gasteiger partial charge >= 0.3 is 0 Å². The van der Waals surface area contributed by atoms with Gasteiger partial charge in [0, 0.05) is 31.0 Å². The minimum Gasteiger partial charge on any atom is -0.357 e. The Morgan fingerprint density at radius 2 is 2.13 bits per heavy atom. The van der Waals surface area contributed by atoms with Crippen LogP contribution in [0.4, 0.5) is 0 Å². The third kappa shape index (κ3) is 3.71. The smallest absolute Gasteiger partial charge is 0.191 e. The van der Waals surface area contributed by atoms with Crippen LogP contribution < -0.4 is 10.6 Å². The summed E-state index contributed by atoms with van der Waals surface area (Å²) in [7, 11) is 1.94. The molecule has 3 aromatic rings. The van der Waals surface area contributed by atoms with E-state index in [1.807, 2.05) is 29.9 Å². The number of aromatic amines is 1. The van der Waals surface area contributed by atoms with E-state index < -0.39 is 0 Å². The molecule has 0 bridgehead atoms. The molecule has 0 saturated carbocycles. The fourth-order valence-corrected chi connectivity index (χ4v) is 2.47. The van der Waals surface area contributed by atoms with E-state index >= 15 is 0 Å². The third-order valence-electron chi connectivity index (χ3n) is 3.70. The van der Waals surface area contributed by atoms with Gasteiger partial charge in [-0.1, -0.05) is 18.2 Å². The lowest BCUT2D eigenvalue weighted by Gasteiger charge is -2.11. The molecule has 0 aliphatic rings. The van der Waals surface area contributed by atoms with Crippen LogP contribution in [0.1, 0.15) is 18.3 Å². The van der Waals surface area contributed by atoms with Gasteiger partial charge in [-0.3, -0.25) is 4.68 Å². The lowest BCUT2D eigenvalue weighted by Crippen LogP contribution is -2.37. The topological polar surface area (TPSA) is 70.0 Å². The van der Waals surface area contributed by atoms with Crippen LogP contribution in [-0.2, 0) is 20.1 Å². The minimum absolute atomic E-state index is 0.607. The Bertz CT molecular complexity index is 765. The second kappa shape index (κ2) is 7.00. The van der Waals surface area contributed by atoms with Crippen LogP contribution in [0.25, 0.3) is 10.9 Å². The van der Waals surface area contributed by atoms with Crippen molar-refractivity contribution in [1.82, 2.24) is 25.4 Å². The van der Waals surface area contributed by atoms with Gasteiger partial charge < -0.3 is 15.6 Å². The van der Waals surface area contributed by atoms with Crippen molar-refractivity contribution in [2.24, 2.45) is 12.0 Å². The van der Waals surface area contributed by atoms with Crippen molar-refractivity contribution in [3.05, 3.63) is 54.0 Å². The number of aromatic nitrogens is 3. The normalized spacial score (nSPS) is 11.8. The number of nitrogens with one attached hydrogen (secondary N) is 3. The number of H-pyrrole nitrogens is 1. The highest BCUT2D eigenvalue weighted by atomic mass is 15.3. The summed E-state index contributed by atoms with van der Waals surface area (Å²) in [6.07, 6.45) is 1.80. The number of benzene rings is 1. The molecule has 3 N–H and O–H groups in total. The highest BCUT2D eigenvalue weighted by molar-refractivity contribution is 5.81. The van der Waals surface area contributed by atoms with Gasteiger partial charge in [0.25, 0.3) is 0 Å². The highest BCUT2D eigenvalue weighted by Crippen LogP contribution is 2.15. The first-order valence-electron chi connectivity index (χ1n) is 7.82. The van der Waals surface area contributed by atoms with Crippen LogP contribution in [0.2, 0.25) is 0 Å². The van der Waals surface area contributed by atoms with E-state index in [4.69, 9.17) is 0 Å². The SMILES string of the molecule is CCNC(=NCc1cc2ccccc2[nH]1)NCc1ccnn1C. The Balaban J connectivity index is 1.67. The molecular formula is C17H22N6. The molecule has 6 nitrogen and oxygen atoms in total. The Kier molecular flexibility index (Phi) is 4.61. The first-order chi connectivity index (χ1) is 11.3. The first kappa shape index (κ1) is 15.1. The fraction of sp³-hybridized carbons (Fsp3) is 0.294. The molecule has 3 rings (SSSR count). The molecule has 120 valence electrons. The molecule has 0 spiro atoms. The predicted molar refractivity (Wildman–Crippen MR) is 93.2 cm³/mol. The summed E-state index contributed by atoms with van der Waals surface area (Å²) in [4.78, 5) is 8.04. The highest BCUT2D eigenvalue weighted by Gasteiger charge is 2.03. The number of hydrogen-bond acceptors (Lipinski definition) is 2. The fourth-order valence-electron chi connectivity index (χ4n) is 2.47. The van der Waals surface area contributed by atoms with Gasteiger partial charge in [0.05, 0.1) is 18.8 Å². The molecule has 0 amide bonds. The molecule has 0 fully saturated rings. The van der Waals surface area contributed by atoms with E-state index in [0.29, 0.717) is 13.1 Å². The second-order valence-corrected chi connectivity index (χ2v) is 5.38. The predicted octanol–water partition coefficient (Wildman–Crippen LogP) is 2.16. The van der Waals surface area contributed by atoms with E-state index in [0.717, 1.165) is 29.4 Å². The number of para-hydroxylation sites is 1. The van der Waals surface area contributed by atoms with Crippen molar-refractivity contribution >= 4 is 16.9 Å². The van der Waals surface area contributed by atoms with Crippen LogP contribution in [0.5, 0.6) is 0 Å². The van der Waals surface area contributed by atoms with E-state index in [-0.39, 0.29) is 0 Å². The molecule has 0 unspecified atom stereocenters. The number of aryl methyl sites for hydroxylation is 1. The first-order valence-corrected chi connectivity index (χ1v) is 7.82. The Morgan fingerprint density at radius 1 is 1.26 bits per heavy atom. The number of aliphatic imine (C=N–C) groups is 1. The number of rotatable bonds is 5. The average Bonchev–Trinajstić information content (AvgIpc) is 3.15. The summed E-state index contributed by atoms with van der Waals surface area (Å²) >= 11 is 0. The number of hydrogen-bond donors (Lipinski definition) is 3. The van der Waals surface area contributed by atoms with Crippen molar-refractivity contribution in [2.45, 2.75) is 20.0 Å². The molecule has 0 aliphatic heterocycles. The van der Waals surface area contributed by atoms with Gasteiger partial charge in [-0.05, 0) is 30.5 Å². The molecule has 0 radical (unpaired) electrons. The maximum absolute atomic E-state index is 4.64. The zero-order chi connectivity index (χ0) is 16.1. The summed E-state index contributed by atoms with van der Waals surface area (Å²) < 4.78 is 1.86. The van der Waals surface area contributed by atoms with E-state index in [2.05, 4.69) is 50.8 Å². The largest absolute Gasteiger partial charge is 0.357 e. The monoisotopic (exact) mass is 310 g/mol. The number of fused-ring (bicyclic) bond motifs is 1. The summed E-state index contributed by atoms with van der Waals surface area (Å²) in [6.45, 7) is 4.18. The van der Waals surface area contributed by atoms with E-state index in [1.165, 1.54) is 5.39 Å². The molecule has 1 aromatic carbocycles. The van der Waals surface area contributed by atoms with Gasteiger partial charge in [-0.25, -0.2) is 4.99 Å². The number of guanidine groups is 1. The van der Waals surface area contributed by atoms with Gasteiger partial charge in [0.1, 0.15) is 0 Å². The summed E-state index contributed by atoms with van der Waals surface area (Å²) in [5.74, 6) is 0.798. The van der Waals surface area contributed by atoms with Gasteiger partial charge in [-0.15, -0.1) is 0 Å². The van der Waals surface area contributed by atoms with Gasteiger partial charge in [0.2, 0.25) is 0 Å². The Morgan fingerprint density at radius 3 is 2.87 bits per heavy atom. The molecule has 0 aliphatic carbocycles. The molecule has 0 saturated heterocycles. The zero-order valence-electron chi connectivity index (χ0n) is 13.5. The van der Waals surface area contributed by atoms with Crippen molar-refractivity contribution in [3.63, 3.8) is 0 Å². The third-order valence-corrected chi connectivity index (χ3v) is 3.70. The van der Waals surface area contributed by atoms with E-state index in [1.54, 1.807) is 6.20 Å². The molecule has 2 aromatic heterocycles. The second-order valence-electron chi connectivity index (χ2n) is 5.38. The summed E-state index contributed by atoms with van der Waals surface area (Å²) in [5.41, 5.74) is 3.36. The summed E-state index contributed by atoms with van der Waals surface area (Å²) in [5, 5.41) is 12.0. The Labute approximate surface area is 135 Å². The quantitative estimate of drug-likeness (QED) is 0.499.